The number of amides is 1. The van der Waals surface area contributed by atoms with Gasteiger partial charge < -0.3 is 9.80 Å². The lowest BCUT2D eigenvalue weighted by atomic mass is 9.97. The van der Waals surface area contributed by atoms with Crippen LogP contribution in [0.25, 0.3) is 10.9 Å². The maximum absolute atomic E-state index is 13.4. The Balaban J connectivity index is 1.24. The zero-order valence-electron chi connectivity index (χ0n) is 20.0. The van der Waals surface area contributed by atoms with E-state index in [0.717, 1.165) is 16.6 Å². The standard InChI is InChI=1S/C25H26ClN5O5S/c26-19-3-8-22-23(16-19)27-10-9-24(22)28-12-14-29(15-13-28)25(32)18-2-1-11-30(17-18)37(35,36)21-6-4-20(5-7-21)31(33)34/h3-10,16,18H,1-2,11-15,17H2. The van der Waals surface area contributed by atoms with Crippen LogP contribution in [0.2, 0.25) is 5.02 Å². The number of non-ortho nitro benzene ring substituents is 1. The van der Waals surface area contributed by atoms with E-state index in [1.54, 1.807) is 6.20 Å². The van der Waals surface area contributed by atoms with Gasteiger partial charge in [0.15, 0.2) is 0 Å². The summed E-state index contributed by atoms with van der Waals surface area (Å²) < 4.78 is 27.6. The Morgan fingerprint density at radius 3 is 2.46 bits per heavy atom. The molecule has 0 aliphatic carbocycles. The Morgan fingerprint density at radius 2 is 1.76 bits per heavy atom. The van der Waals surface area contributed by atoms with E-state index in [0.29, 0.717) is 50.6 Å². The first-order valence-electron chi connectivity index (χ1n) is 12.1. The van der Waals surface area contributed by atoms with E-state index < -0.39 is 20.9 Å². The lowest BCUT2D eigenvalue weighted by molar-refractivity contribution is -0.384. The number of benzene rings is 2. The molecule has 1 atom stereocenters. The Bertz CT molecular complexity index is 1440. The molecule has 10 nitrogen and oxygen atoms in total. The average Bonchev–Trinajstić information content (AvgIpc) is 2.92. The van der Waals surface area contributed by atoms with Gasteiger partial charge in [-0.1, -0.05) is 11.6 Å². The molecular formula is C25H26ClN5O5S. The van der Waals surface area contributed by atoms with Crippen molar-refractivity contribution in [3.05, 3.63) is 69.9 Å². The van der Waals surface area contributed by atoms with Crippen molar-refractivity contribution in [2.45, 2.75) is 17.7 Å². The lowest BCUT2D eigenvalue weighted by Gasteiger charge is -2.39. The van der Waals surface area contributed by atoms with Gasteiger partial charge in [-0.25, -0.2) is 8.42 Å². The van der Waals surface area contributed by atoms with Gasteiger partial charge in [-0.2, -0.15) is 4.31 Å². The fraction of sp³-hybridized carbons (Fsp3) is 0.360. The number of anilines is 1. The summed E-state index contributed by atoms with van der Waals surface area (Å²) in [5.74, 6) is -0.452. The fourth-order valence-electron chi connectivity index (χ4n) is 5.06. The number of halogens is 1. The summed E-state index contributed by atoms with van der Waals surface area (Å²) in [4.78, 5) is 32.1. The third kappa shape index (κ3) is 5.11. The number of carbonyl (C=O) groups is 1. The molecule has 1 aromatic heterocycles. The maximum atomic E-state index is 13.4. The molecule has 2 saturated heterocycles. The van der Waals surface area contributed by atoms with Crippen molar-refractivity contribution in [1.29, 1.82) is 0 Å². The van der Waals surface area contributed by atoms with E-state index in [1.807, 2.05) is 29.2 Å². The third-order valence-corrected chi connectivity index (χ3v) is 9.15. The number of nitrogens with zero attached hydrogens (tertiary/aromatic N) is 5. The zero-order chi connectivity index (χ0) is 26.2. The van der Waals surface area contributed by atoms with Gasteiger partial charge in [0.1, 0.15) is 0 Å². The summed E-state index contributed by atoms with van der Waals surface area (Å²) in [6, 6.07) is 12.5. The highest BCUT2D eigenvalue weighted by Crippen LogP contribution is 2.30. The van der Waals surface area contributed by atoms with Crippen molar-refractivity contribution in [2.24, 2.45) is 5.92 Å². The molecule has 12 heteroatoms. The lowest BCUT2D eigenvalue weighted by Crippen LogP contribution is -2.53. The molecule has 5 rings (SSSR count). The molecule has 0 spiro atoms. The molecule has 194 valence electrons. The molecule has 2 aliphatic rings. The molecule has 2 aliphatic heterocycles. The minimum Gasteiger partial charge on any atom is -0.367 e. The SMILES string of the molecule is O=C(C1CCCN(S(=O)(=O)c2ccc([N+](=O)[O-])cc2)C1)N1CCN(c2ccnc3cc(Cl)ccc23)CC1. The van der Waals surface area contributed by atoms with Crippen molar-refractivity contribution in [3.63, 3.8) is 0 Å². The molecule has 1 unspecified atom stereocenters. The molecule has 0 N–H and O–H groups in total. The normalized spacial score (nSPS) is 19.2. The van der Waals surface area contributed by atoms with Crippen LogP contribution in [-0.2, 0) is 14.8 Å². The van der Waals surface area contributed by atoms with Crippen molar-refractivity contribution < 1.29 is 18.1 Å². The number of aromatic nitrogens is 1. The van der Waals surface area contributed by atoms with E-state index in [1.165, 1.54) is 28.6 Å². The Morgan fingerprint density at radius 1 is 1.03 bits per heavy atom. The van der Waals surface area contributed by atoms with Crippen molar-refractivity contribution in [1.82, 2.24) is 14.2 Å². The third-order valence-electron chi connectivity index (χ3n) is 7.03. The highest BCUT2D eigenvalue weighted by Gasteiger charge is 2.36. The van der Waals surface area contributed by atoms with Gasteiger partial charge in [-0.05, 0) is 49.2 Å². The van der Waals surface area contributed by atoms with Crippen LogP contribution < -0.4 is 4.90 Å². The van der Waals surface area contributed by atoms with Crippen LogP contribution in [0.4, 0.5) is 11.4 Å². The smallest absolute Gasteiger partial charge is 0.269 e. The van der Waals surface area contributed by atoms with Crippen LogP contribution in [0.15, 0.2) is 59.6 Å². The predicted octanol–water partition coefficient (Wildman–Crippen LogP) is 3.55. The van der Waals surface area contributed by atoms with Crippen LogP contribution in [-0.4, -0.2) is 72.7 Å². The first kappa shape index (κ1) is 25.4. The van der Waals surface area contributed by atoms with E-state index in [-0.39, 0.29) is 23.0 Å². The molecule has 37 heavy (non-hydrogen) atoms. The number of nitro groups is 1. The molecule has 3 heterocycles. The minimum absolute atomic E-state index is 0.00863. The summed E-state index contributed by atoms with van der Waals surface area (Å²) in [6.07, 6.45) is 2.96. The second-order valence-electron chi connectivity index (χ2n) is 9.26. The fourth-order valence-corrected chi connectivity index (χ4v) is 6.75. The molecule has 0 saturated carbocycles. The van der Waals surface area contributed by atoms with E-state index >= 15 is 0 Å². The largest absolute Gasteiger partial charge is 0.367 e. The second kappa shape index (κ2) is 10.2. The van der Waals surface area contributed by atoms with E-state index in [9.17, 15) is 23.3 Å². The van der Waals surface area contributed by atoms with Gasteiger partial charge in [0, 0.05) is 73.7 Å². The molecule has 2 fully saturated rings. The summed E-state index contributed by atoms with van der Waals surface area (Å²) in [6.45, 7) is 2.82. The molecular weight excluding hydrogens is 518 g/mol. The van der Waals surface area contributed by atoms with Gasteiger partial charge in [0.25, 0.3) is 5.69 Å². The summed E-state index contributed by atoms with van der Waals surface area (Å²) in [5, 5.41) is 12.5. The molecule has 1 amide bonds. The number of fused-ring (bicyclic) bond motifs is 1. The number of nitro benzene ring substituents is 1. The number of piperazine rings is 1. The van der Waals surface area contributed by atoms with E-state index in [4.69, 9.17) is 11.6 Å². The Labute approximate surface area is 219 Å². The van der Waals surface area contributed by atoms with Crippen LogP contribution in [0.5, 0.6) is 0 Å². The number of piperidine rings is 1. The van der Waals surface area contributed by atoms with Gasteiger partial charge in [-0.3, -0.25) is 19.9 Å². The van der Waals surface area contributed by atoms with Gasteiger partial charge in [0.2, 0.25) is 15.9 Å². The summed E-state index contributed by atoms with van der Waals surface area (Å²) >= 11 is 6.11. The average molecular weight is 544 g/mol. The predicted molar refractivity (Wildman–Crippen MR) is 140 cm³/mol. The number of pyridine rings is 1. The van der Waals surface area contributed by atoms with Gasteiger partial charge >= 0.3 is 0 Å². The highest BCUT2D eigenvalue weighted by atomic mass is 35.5. The number of rotatable bonds is 5. The van der Waals surface area contributed by atoms with Gasteiger partial charge in [0.05, 0.1) is 21.3 Å². The first-order chi connectivity index (χ1) is 17.7. The Kier molecular flexibility index (Phi) is 7.02. The maximum Gasteiger partial charge on any atom is 0.269 e. The molecule has 2 aromatic carbocycles. The number of sulfonamides is 1. The highest BCUT2D eigenvalue weighted by molar-refractivity contribution is 7.89. The molecule has 0 bridgehead atoms. The number of hydrogen-bond acceptors (Lipinski definition) is 7. The van der Waals surface area contributed by atoms with Gasteiger partial charge in [-0.15, -0.1) is 0 Å². The van der Waals surface area contributed by atoms with Crippen LogP contribution in [0, 0.1) is 16.0 Å². The topological polar surface area (TPSA) is 117 Å². The van der Waals surface area contributed by atoms with Crippen LogP contribution >= 0.6 is 11.6 Å². The zero-order valence-corrected chi connectivity index (χ0v) is 21.6. The molecule has 0 radical (unpaired) electrons. The second-order valence-corrected chi connectivity index (χ2v) is 11.6. The van der Waals surface area contributed by atoms with Crippen LogP contribution in [0.1, 0.15) is 12.8 Å². The number of carbonyl (C=O) groups excluding carboxylic acids is 1. The monoisotopic (exact) mass is 543 g/mol. The molecule has 3 aromatic rings. The first-order valence-corrected chi connectivity index (χ1v) is 13.9. The van der Waals surface area contributed by atoms with Crippen molar-refractivity contribution >= 4 is 49.8 Å². The summed E-state index contributed by atoms with van der Waals surface area (Å²) in [7, 11) is -3.85. The summed E-state index contributed by atoms with van der Waals surface area (Å²) in [5.41, 5.74) is 1.69. The van der Waals surface area contributed by atoms with E-state index in [2.05, 4.69) is 9.88 Å². The van der Waals surface area contributed by atoms with Crippen molar-refractivity contribution in [3.8, 4) is 0 Å². The van der Waals surface area contributed by atoms with Crippen LogP contribution in [0.3, 0.4) is 0 Å². The number of hydrogen-bond donors (Lipinski definition) is 0. The van der Waals surface area contributed by atoms with Crippen molar-refractivity contribution in [2.75, 3.05) is 44.2 Å². The minimum atomic E-state index is -3.85. The Hall–Kier alpha value is -3.28. The quantitative estimate of drug-likeness (QED) is 0.357.